The van der Waals surface area contributed by atoms with Crippen LogP contribution in [0.1, 0.15) is 41.2 Å². The highest BCUT2D eigenvalue weighted by Crippen LogP contribution is 2.26. The van der Waals surface area contributed by atoms with Crippen LogP contribution < -0.4 is 10.1 Å². The molecule has 162 valence electrons. The van der Waals surface area contributed by atoms with Crippen LogP contribution in [0.4, 0.5) is 4.39 Å². The maximum Gasteiger partial charge on any atom is 0.252 e. The van der Waals surface area contributed by atoms with Gasteiger partial charge in [0.15, 0.2) is 0 Å². The minimum absolute atomic E-state index is 0.201. The average molecular weight is 431 g/mol. The van der Waals surface area contributed by atoms with Crippen LogP contribution in [0.2, 0.25) is 0 Å². The van der Waals surface area contributed by atoms with E-state index in [4.69, 9.17) is 9.15 Å². The van der Waals surface area contributed by atoms with E-state index in [0.29, 0.717) is 29.4 Å². The summed E-state index contributed by atoms with van der Waals surface area (Å²) in [7, 11) is 0. The Bertz CT molecular complexity index is 1160. The van der Waals surface area contributed by atoms with Gasteiger partial charge in [0.1, 0.15) is 17.6 Å². The lowest BCUT2D eigenvalue weighted by Gasteiger charge is -2.16. The van der Waals surface area contributed by atoms with Crippen LogP contribution >= 0.6 is 0 Å². The van der Waals surface area contributed by atoms with E-state index in [0.717, 1.165) is 12.0 Å². The molecule has 0 aliphatic carbocycles. The lowest BCUT2D eigenvalue weighted by Crippen LogP contribution is -2.29. The Morgan fingerprint density at radius 1 is 1.00 bits per heavy atom. The molecule has 4 rings (SSSR count). The summed E-state index contributed by atoms with van der Waals surface area (Å²) in [6.45, 7) is 2.64. The Morgan fingerprint density at radius 2 is 1.72 bits per heavy atom. The first-order valence-corrected chi connectivity index (χ1v) is 10.3. The van der Waals surface area contributed by atoms with Gasteiger partial charge in [-0.25, -0.2) is 4.39 Å². The van der Waals surface area contributed by atoms with E-state index >= 15 is 0 Å². The molecule has 1 aromatic heterocycles. The number of hydrogen-bond donors (Lipinski definition) is 1. The van der Waals surface area contributed by atoms with Gasteiger partial charge in [0.25, 0.3) is 5.91 Å². The first-order valence-electron chi connectivity index (χ1n) is 10.3. The molecule has 0 saturated heterocycles. The second kappa shape index (κ2) is 9.87. The zero-order chi connectivity index (χ0) is 22.3. The van der Waals surface area contributed by atoms with Crippen molar-refractivity contribution in [1.29, 1.82) is 0 Å². The average Bonchev–Trinajstić information content (AvgIpc) is 3.33. The smallest absolute Gasteiger partial charge is 0.252 e. The fraction of sp³-hybridized carbons (Fsp3) is 0.160. The van der Waals surface area contributed by atoms with Crippen molar-refractivity contribution >= 4 is 5.91 Å². The molecule has 0 bridgehead atoms. The van der Waals surface area contributed by atoms with Crippen LogP contribution in [0, 0.1) is 5.82 Å². The molecule has 0 radical (unpaired) electrons. The van der Waals surface area contributed by atoms with Gasteiger partial charge in [-0.3, -0.25) is 4.79 Å². The molecule has 4 aromatic rings. The molecule has 1 atom stereocenters. The molecular formula is C25H22FN3O3. The summed E-state index contributed by atoms with van der Waals surface area (Å²) >= 11 is 0. The zero-order valence-corrected chi connectivity index (χ0v) is 17.5. The minimum atomic E-state index is -0.746. The van der Waals surface area contributed by atoms with Crippen molar-refractivity contribution in [3.63, 3.8) is 0 Å². The molecule has 32 heavy (non-hydrogen) atoms. The van der Waals surface area contributed by atoms with Crippen molar-refractivity contribution < 1.29 is 18.3 Å². The molecule has 0 spiro atoms. The van der Waals surface area contributed by atoms with Crippen molar-refractivity contribution in [2.45, 2.75) is 19.4 Å². The molecule has 0 aliphatic rings. The number of ether oxygens (including phenoxy) is 1. The molecular weight excluding hydrogens is 409 g/mol. The second-order valence-corrected chi connectivity index (χ2v) is 7.14. The van der Waals surface area contributed by atoms with Gasteiger partial charge in [0.05, 0.1) is 6.61 Å². The highest BCUT2D eigenvalue weighted by Gasteiger charge is 2.24. The van der Waals surface area contributed by atoms with Gasteiger partial charge in [-0.2, -0.15) is 0 Å². The van der Waals surface area contributed by atoms with Gasteiger partial charge in [-0.15, -0.1) is 10.2 Å². The summed E-state index contributed by atoms with van der Waals surface area (Å²) in [5.41, 5.74) is 1.83. The van der Waals surface area contributed by atoms with E-state index < -0.39 is 6.04 Å². The molecule has 1 heterocycles. The lowest BCUT2D eigenvalue weighted by atomic mass is 10.1. The number of hydrogen-bond acceptors (Lipinski definition) is 5. The Hall–Kier alpha value is -4.00. The number of amides is 1. The highest BCUT2D eigenvalue weighted by molar-refractivity contribution is 5.94. The summed E-state index contributed by atoms with van der Waals surface area (Å²) in [4.78, 5) is 13.0. The van der Waals surface area contributed by atoms with E-state index in [1.54, 1.807) is 36.4 Å². The van der Waals surface area contributed by atoms with E-state index in [1.807, 2.05) is 37.3 Å². The van der Waals surface area contributed by atoms with Crippen LogP contribution in [0.5, 0.6) is 5.75 Å². The van der Waals surface area contributed by atoms with Crippen LogP contribution in [0.25, 0.3) is 11.5 Å². The molecule has 0 saturated carbocycles. The number of carbonyl (C=O) groups is 1. The molecule has 0 fully saturated rings. The van der Waals surface area contributed by atoms with E-state index in [9.17, 15) is 9.18 Å². The molecule has 1 N–H and O–H groups in total. The summed E-state index contributed by atoms with van der Waals surface area (Å²) in [5.74, 6) is 0.520. The Labute approximate surface area is 185 Å². The van der Waals surface area contributed by atoms with Gasteiger partial charge >= 0.3 is 0 Å². The van der Waals surface area contributed by atoms with Gasteiger partial charge in [0.2, 0.25) is 11.8 Å². The third-order valence-electron chi connectivity index (χ3n) is 4.78. The number of nitrogens with zero attached hydrogens (tertiary/aromatic N) is 2. The predicted molar refractivity (Wildman–Crippen MR) is 118 cm³/mol. The molecule has 3 aromatic carbocycles. The molecule has 6 nitrogen and oxygen atoms in total. The minimum Gasteiger partial charge on any atom is -0.494 e. The SMILES string of the molecule is CCCOc1ccc(C(=O)NC(c2ccc(F)cc2)c2nnc(-c3ccccc3)o2)cc1. The fourth-order valence-electron chi connectivity index (χ4n) is 3.13. The Balaban J connectivity index is 1.60. The Morgan fingerprint density at radius 3 is 2.41 bits per heavy atom. The van der Waals surface area contributed by atoms with Crippen molar-refractivity contribution in [3.05, 3.63) is 102 Å². The largest absolute Gasteiger partial charge is 0.494 e. The maximum absolute atomic E-state index is 13.5. The third-order valence-corrected chi connectivity index (χ3v) is 4.78. The number of aromatic nitrogens is 2. The van der Waals surface area contributed by atoms with Crippen molar-refractivity contribution in [1.82, 2.24) is 15.5 Å². The normalized spacial score (nSPS) is 11.7. The predicted octanol–water partition coefficient (Wildman–Crippen LogP) is 5.18. The quantitative estimate of drug-likeness (QED) is 0.416. The summed E-state index contributed by atoms with van der Waals surface area (Å²) in [5, 5.41) is 11.2. The molecule has 1 unspecified atom stereocenters. The summed E-state index contributed by atoms with van der Waals surface area (Å²) in [6.07, 6.45) is 0.900. The molecule has 7 heteroatoms. The van der Waals surface area contributed by atoms with Crippen LogP contribution in [-0.2, 0) is 0 Å². The van der Waals surface area contributed by atoms with Crippen molar-refractivity contribution in [3.8, 4) is 17.2 Å². The molecule has 0 aliphatic heterocycles. The first kappa shape index (κ1) is 21.2. The first-order chi connectivity index (χ1) is 15.6. The van der Waals surface area contributed by atoms with E-state index in [-0.39, 0.29) is 17.6 Å². The second-order valence-electron chi connectivity index (χ2n) is 7.14. The fourth-order valence-corrected chi connectivity index (χ4v) is 3.13. The standard InChI is InChI=1S/C25H22FN3O3/c1-2-16-31-21-14-10-18(11-15-21)23(30)27-22(17-8-12-20(26)13-9-17)25-29-28-24(32-25)19-6-4-3-5-7-19/h3-15,22H,2,16H2,1H3,(H,27,30). The summed E-state index contributed by atoms with van der Waals surface area (Å²) in [6, 6.07) is 21.2. The van der Waals surface area contributed by atoms with E-state index in [2.05, 4.69) is 15.5 Å². The van der Waals surface area contributed by atoms with Crippen molar-refractivity contribution in [2.24, 2.45) is 0 Å². The number of benzene rings is 3. The lowest BCUT2D eigenvalue weighted by molar-refractivity contribution is 0.0938. The number of halogens is 1. The monoisotopic (exact) mass is 431 g/mol. The highest BCUT2D eigenvalue weighted by atomic mass is 19.1. The topological polar surface area (TPSA) is 77.2 Å². The van der Waals surface area contributed by atoms with Gasteiger partial charge in [-0.05, 0) is 60.5 Å². The number of rotatable bonds is 8. The third kappa shape index (κ3) is 5.00. The van der Waals surface area contributed by atoms with Crippen LogP contribution in [-0.4, -0.2) is 22.7 Å². The van der Waals surface area contributed by atoms with Crippen LogP contribution in [0.3, 0.4) is 0 Å². The van der Waals surface area contributed by atoms with Crippen LogP contribution in [0.15, 0.2) is 83.3 Å². The Kier molecular flexibility index (Phi) is 6.55. The summed E-state index contributed by atoms with van der Waals surface area (Å²) < 4.78 is 24.9. The maximum atomic E-state index is 13.5. The zero-order valence-electron chi connectivity index (χ0n) is 17.5. The van der Waals surface area contributed by atoms with Gasteiger partial charge in [0, 0.05) is 11.1 Å². The number of carbonyl (C=O) groups excluding carboxylic acids is 1. The van der Waals surface area contributed by atoms with Crippen molar-refractivity contribution in [2.75, 3.05) is 6.61 Å². The number of nitrogens with one attached hydrogen (secondary N) is 1. The molecule has 1 amide bonds. The van der Waals surface area contributed by atoms with E-state index in [1.165, 1.54) is 12.1 Å². The van der Waals surface area contributed by atoms with Gasteiger partial charge < -0.3 is 14.5 Å². The van der Waals surface area contributed by atoms with Gasteiger partial charge in [-0.1, -0.05) is 37.3 Å².